The Labute approximate surface area is 196 Å². The van der Waals surface area contributed by atoms with Crippen molar-refractivity contribution in [1.29, 1.82) is 0 Å². The van der Waals surface area contributed by atoms with Crippen LogP contribution >= 0.6 is 0 Å². The smallest absolute Gasteiger partial charge is 0.324 e. The van der Waals surface area contributed by atoms with E-state index in [0.29, 0.717) is 12.2 Å². The summed E-state index contributed by atoms with van der Waals surface area (Å²) < 4.78 is 13.5. The molecule has 1 N–H and O–H groups in total. The largest absolute Gasteiger partial charge is 0.325 e. The molecule has 1 aliphatic carbocycles. The molecule has 6 heteroatoms. The van der Waals surface area contributed by atoms with Crippen LogP contribution in [0.15, 0.2) is 42.5 Å². The molecule has 0 aromatic heterocycles. The van der Waals surface area contributed by atoms with E-state index < -0.39 is 0 Å². The zero-order valence-electron chi connectivity index (χ0n) is 20.0. The summed E-state index contributed by atoms with van der Waals surface area (Å²) in [6.45, 7) is 8.97. The van der Waals surface area contributed by atoms with Gasteiger partial charge in [-0.3, -0.25) is 9.69 Å². The molecule has 5 nitrogen and oxygen atoms in total. The van der Waals surface area contributed by atoms with Crippen LogP contribution in [0, 0.1) is 5.82 Å². The summed E-state index contributed by atoms with van der Waals surface area (Å²) >= 11 is 0. The number of halogens is 1. The second kappa shape index (κ2) is 9.16. The summed E-state index contributed by atoms with van der Waals surface area (Å²) in [6.07, 6.45) is 3.87. The van der Waals surface area contributed by atoms with E-state index >= 15 is 0 Å². The highest BCUT2D eigenvalue weighted by atomic mass is 19.1. The summed E-state index contributed by atoms with van der Waals surface area (Å²) in [7, 11) is 0. The van der Waals surface area contributed by atoms with Gasteiger partial charge in [-0.05, 0) is 60.1 Å². The standard InChI is InChI=1S/C27H34FN3O2/c1-18(2)22-8-7-9-23(19(3)4)25(22)29-24(32)16-30-17-27(14-5-6-15-27)31(26(30)33)21-12-10-20(28)11-13-21/h7-13,18-19H,5-6,14-17H2,1-4H3,(H,29,32). The van der Waals surface area contributed by atoms with Gasteiger partial charge in [0.1, 0.15) is 12.4 Å². The Morgan fingerprint density at radius 1 is 1.00 bits per heavy atom. The molecular weight excluding hydrogens is 417 g/mol. The van der Waals surface area contributed by atoms with E-state index in [2.05, 4.69) is 45.1 Å². The van der Waals surface area contributed by atoms with Crippen molar-refractivity contribution in [3.63, 3.8) is 0 Å². The fourth-order valence-electron chi connectivity index (χ4n) is 5.40. The molecule has 1 spiro atoms. The quantitative estimate of drug-likeness (QED) is 0.563. The molecule has 0 unspecified atom stereocenters. The first-order chi connectivity index (χ1) is 15.7. The molecule has 0 atom stereocenters. The third-order valence-electron chi connectivity index (χ3n) is 7.01. The topological polar surface area (TPSA) is 52.7 Å². The Balaban J connectivity index is 1.57. The molecule has 4 rings (SSSR count). The monoisotopic (exact) mass is 451 g/mol. The summed E-state index contributed by atoms with van der Waals surface area (Å²) in [5.74, 6) is 0.0191. The van der Waals surface area contributed by atoms with Gasteiger partial charge in [0.15, 0.2) is 0 Å². The van der Waals surface area contributed by atoms with E-state index in [4.69, 9.17) is 0 Å². The van der Waals surface area contributed by atoms with E-state index in [1.54, 1.807) is 21.9 Å². The summed E-state index contributed by atoms with van der Waals surface area (Å²) in [4.78, 5) is 30.1. The van der Waals surface area contributed by atoms with Crippen molar-refractivity contribution in [2.75, 3.05) is 23.3 Å². The lowest BCUT2D eigenvalue weighted by molar-refractivity contribution is -0.116. The fraction of sp³-hybridized carbons (Fsp3) is 0.481. The molecule has 176 valence electrons. The van der Waals surface area contributed by atoms with Crippen LogP contribution in [0.25, 0.3) is 0 Å². The average Bonchev–Trinajstić information content (AvgIpc) is 3.33. The molecule has 1 saturated carbocycles. The first-order valence-electron chi connectivity index (χ1n) is 12.0. The van der Waals surface area contributed by atoms with Gasteiger partial charge >= 0.3 is 6.03 Å². The molecule has 0 radical (unpaired) electrons. The van der Waals surface area contributed by atoms with Crippen LogP contribution in [0.5, 0.6) is 0 Å². The van der Waals surface area contributed by atoms with Gasteiger partial charge in [-0.2, -0.15) is 0 Å². The maximum absolute atomic E-state index is 13.5. The molecule has 2 fully saturated rings. The van der Waals surface area contributed by atoms with Gasteiger partial charge in [0, 0.05) is 17.9 Å². The number of carbonyl (C=O) groups is 2. The van der Waals surface area contributed by atoms with Crippen molar-refractivity contribution in [2.45, 2.75) is 70.8 Å². The van der Waals surface area contributed by atoms with Crippen molar-refractivity contribution in [1.82, 2.24) is 4.90 Å². The number of hydrogen-bond donors (Lipinski definition) is 1. The van der Waals surface area contributed by atoms with Crippen LogP contribution in [-0.4, -0.2) is 35.5 Å². The molecule has 1 heterocycles. The average molecular weight is 452 g/mol. The summed E-state index contributed by atoms with van der Waals surface area (Å²) in [5.41, 5.74) is 3.43. The van der Waals surface area contributed by atoms with Crippen molar-refractivity contribution < 1.29 is 14.0 Å². The van der Waals surface area contributed by atoms with Gasteiger partial charge in [0.05, 0.1) is 5.54 Å². The van der Waals surface area contributed by atoms with Crippen LogP contribution in [0.3, 0.4) is 0 Å². The number of anilines is 2. The number of carbonyl (C=O) groups excluding carboxylic acids is 2. The number of urea groups is 1. The number of nitrogens with zero attached hydrogens (tertiary/aromatic N) is 2. The van der Waals surface area contributed by atoms with Crippen LogP contribution in [-0.2, 0) is 4.79 Å². The Bertz CT molecular complexity index is 1000. The minimum Gasteiger partial charge on any atom is -0.324 e. The van der Waals surface area contributed by atoms with Gasteiger partial charge in [0.25, 0.3) is 0 Å². The molecule has 0 bridgehead atoms. The predicted molar refractivity (Wildman–Crippen MR) is 130 cm³/mol. The van der Waals surface area contributed by atoms with E-state index in [-0.39, 0.29) is 41.7 Å². The maximum atomic E-state index is 13.5. The number of nitrogens with one attached hydrogen (secondary N) is 1. The van der Waals surface area contributed by atoms with Crippen molar-refractivity contribution >= 4 is 23.3 Å². The SMILES string of the molecule is CC(C)c1cccc(C(C)C)c1NC(=O)CN1CC2(CCCC2)N(c2ccc(F)cc2)C1=O. The normalized spacial score (nSPS) is 17.6. The molecular formula is C27H34FN3O2. The van der Waals surface area contributed by atoms with E-state index in [1.807, 2.05) is 6.07 Å². The highest BCUT2D eigenvalue weighted by Crippen LogP contribution is 2.43. The minimum absolute atomic E-state index is 0.00222. The summed E-state index contributed by atoms with van der Waals surface area (Å²) in [5, 5.41) is 3.13. The zero-order chi connectivity index (χ0) is 23.8. The predicted octanol–water partition coefficient (Wildman–Crippen LogP) is 6.27. The third-order valence-corrected chi connectivity index (χ3v) is 7.01. The van der Waals surface area contributed by atoms with Crippen molar-refractivity contribution in [3.05, 3.63) is 59.4 Å². The van der Waals surface area contributed by atoms with Gasteiger partial charge in [-0.25, -0.2) is 9.18 Å². The van der Waals surface area contributed by atoms with Crippen molar-refractivity contribution in [2.24, 2.45) is 0 Å². The fourth-order valence-corrected chi connectivity index (χ4v) is 5.40. The second-order valence-electron chi connectivity index (χ2n) is 10.1. The van der Waals surface area contributed by atoms with Crippen LogP contribution in [0.4, 0.5) is 20.6 Å². The lowest BCUT2D eigenvalue weighted by Gasteiger charge is -2.33. The van der Waals surface area contributed by atoms with Gasteiger partial charge in [0.2, 0.25) is 5.91 Å². The zero-order valence-corrected chi connectivity index (χ0v) is 20.0. The Hall–Kier alpha value is -2.89. The van der Waals surface area contributed by atoms with Crippen LogP contribution in [0.1, 0.15) is 76.3 Å². The van der Waals surface area contributed by atoms with Crippen LogP contribution in [0.2, 0.25) is 0 Å². The molecule has 2 aliphatic rings. The Morgan fingerprint density at radius 3 is 2.12 bits per heavy atom. The molecule has 2 aromatic carbocycles. The number of rotatable bonds is 6. The third kappa shape index (κ3) is 4.48. The minimum atomic E-state index is -0.327. The first kappa shape index (κ1) is 23.3. The van der Waals surface area contributed by atoms with E-state index in [1.165, 1.54) is 12.1 Å². The number of benzene rings is 2. The number of para-hydroxylation sites is 1. The Morgan fingerprint density at radius 2 is 1.58 bits per heavy atom. The molecule has 1 saturated heterocycles. The maximum Gasteiger partial charge on any atom is 0.325 e. The highest BCUT2D eigenvalue weighted by molar-refractivity contribution is 6.01. The van der Waals surface area contributed by atoms with E-state index in [0.717, 1.165) is 42.5 Å². The van der Waals surface area contributed by atoms with Gasteiger partial charge in [-0.15, -0.1) is 0 Å². The van der Waals surface area contributed by atoms with Gasteiger partial charge in [-0.1, -0.05) is 58.7 Å². The summed E-state index contributed by atoms with van der Waals surface area (Å²) in [6, 6.07) is 12.0. The lowest BCUT2D eigenvalue weighted by Crippen LogP contribution is -2.45. The van der Waals surface area contributed by atoms with Gasteiger partial charge < -0.3 is 10.2 Å². The molecule has 33 heavy (non-hydrogen) atoms. The molecule has 2 aromatic rings. The second-order valence-corrected chi connectivity index (χ2v) is 10.1. The molecule has 1 aliphatic heterocycles. The number of hydrogen-bond acceptors (Lipinski definition) is 2. The molecule has 3 amide bonds. The Kier molecular flexibility index (Phi) is 6.46. The lowest BCUT2D eigenvalue weighted by atomic mass is 9.92. The van der Waals surface area contributed by atoms with Crippen LogP contribution < -0.4 is 10.2 Å². The number of amides is 3. The first-order valence-corrected chi connectivity index (χ1v) is 12.0. The van der Waals surface area contributed by atoms with E-state index in [9.17, 15) is 14.0 Å². The van der Waals surface area contributed by atoms with Crippen molar-refractivity contribution in [3.8, 4) is 0 Å². The highest BCUT2D eigenvalue weighted by Gasteiger charge is 2.51.